The molecule has 0 aromatic heterocycles. The lowest BCUT2D eigenvalue weighted by molar-refractivity contribution is -0.112. The standard InChI is InChI=1S/C16H20F2N4OS/c1-21-16(24)22(15(20-21)14(19)23)8-11(10-3-4-10)6-9-2-5-12(17)13(18)7-9/h2,5,7,10-11,16,24H,3-4,6,8H2,1H3,(H2,19,23)/t11-,16-/m0/s1. The molecule has 24 heavy (non-hydrogen) atoms. The Morgan fingerprint density at radius 3 is 2.71 bits per heavy atom. The van der Waals surface area contributed by atoms with Crippen LogP contribution in [0.2, 0.25) is 0 Å². The van der Waals surface area contributed by atoms with Gasteiger partial charge >= 0.3 is 0 Å². The molecule has 0 unspecified atom stereocenters. The van der Waals surface area contributed by atoms with Crippen LogP contribution < -0.4 is 5.73 Å². The van der Waals surface area contributed by atoms with Crippen LogP contribution in [-0.4, -0.2) is 40.7 Å². The number of rotatable bonds is 6. The number of carbonyl (C=O) groups is 1. The summed E-state index contributed by atoms with van der Waals surface area (Å²) in [5.41, 5.74) is 5.79. The van der Waals surface area contributed by atoms with Crippen LogP contribution in [0.1, 0.15) is 18.4 Å². The van der Waals surface area contributed by atoms with Crippen LogP contribution in [0, 0.1) is 23.5 Å². The van der Waals surface area contributed by atoms with Crippen LogP contribution in [-0.2, 0) is 11.2 Å². The third-order valence-electron chi connectivity index (χ3n) is 4.56. The van der Waals surface area contributed by atoms with E-state index in [1.807, 2.05) is 0 Å². The summed E-state index contributed by atoms with van der Waals surface area (Å²) in [5, 5.41) is 5.71. The van der Waals surface area contributed by atoms with E-state index in [0.717, 1.165) is 24.5 Å². The minimum absolute atomic E-state index is 0.188. The van der Waals surface area contributed by atoms with Gasteiger partial charge in [0.25, 0.3) is 5.91 Å². The fourth-order valence-corrected chi connectivity index (χ4v) is 3.37. The van der Waals surface area contributed by atoms with Crippen molar-refractivity contribution in [3.8, 4) is 0 Å². The van der Waals surface area contributed by atoms with Crippen LogP contribution in [0.15, 0.2) is 23.3 Å². The van der Waals surface area contributed by atoms with Crippen LogP contribution in [0.4, 0.5) is 8.78 Å². The molecular weight excluding hydrogens is 334 g/mol. The zero-order valence-corrected chi connectivity index (χ0v) is 14.2. The van der Waals surface area contributed by atoms with Gasteiger partial charge in [-0.15, -0.1) is 12.6 Å². The Morgan fingerprint density at radius 2 is 2.12 bits per heavy atom. The fourth-order valence-electron chi connectivity index (χ4n) is 3.11. The summed E-state index contributed by atoms with van der Waals surface area (Å²) in [6.07, 6.45) is 2.80. The molecule has 1 amide bonds. The van der Waals surface area contributed by atoms with Gasteiger partial charge in [-0.3, -0.25) is 9.80 Å². The van der Waals surface area contributed by atoms with Gasteiger partial charge in [0.2, 0.25) is 5.84 Å². The summed E-state index contributed by atoms with van der Waals surface area (Å²) in [6.45, 7) is 0.546. The fraction of sp³-hybridized carbons (Fsp3) is 0.500. The van der Waals surface area contributed by atoms with Crippen molar-refractivity contribution in [1.82, 2.24) is 9.91 Å². The lowest BCUT2D eigenvalue weighted by Gasteiger charge is -2.30. The number of carbonyl (C=O) groups excluding carboxylic acids is 1. The van der Waals surface area contributed by atoms with Gasteiger partial charge in [0.1, 0.15) is 0 Å². The number of nitrogens with two attached hydrogens (primary N) is 1. The molecule has 1 aliphatic carbocycles. The Morgan fingerprint density at radius 1 is 1.42 bits per heavy atom. The van der Waals surface area contributed by atoms with E-state index in [0.29, 0.717) is 18.9 Å². The number of benzene rings is 1. The number of halogens is 2. The van der Waals surface area contributed by atoms with E-state index in [1.165, 1.54) is 6.07 Å². The minimum Gasteiger partial charge on any atom is -0.363 e. The molecule has 0 spiro atoms. The van der Waals surface area contributed by atoms with Crippen LogP contribution in [0.25, 0.3) is 0 Å². The molecule has 1 heterocycles. The molecule has 0 bridgehead atoms. The lowest BCUT2D eigenvalue weighted by atomic mass is 9.94. The van der Waals surface area contributed by atoms with E-state index < -0.39 is 17.5 Å². The zero-order valence-electron chi connectivity index (χ0n) is 13.3. The Hall–Kier alpha value is -1.83. The molecule has 1 fully saturated rings. The molecule has 0 saturated heterocycles. The van der Waals surface area contributed by atoms with Crippen molar-refractivity contribution in [2.24, 2.45) is 22.7 Å². The molecule has 1 saturated carbocycles. The first-order valence-corrected chi connectivity index (χ1v) is 8.38. The van der Waals surface area contributed by atoms with E-state index in [-0.39, 0.29) is 17.3 Å². The van der Waals surface area contributed by atoms with Crippen LogP contribution in [0.5, 0.6) is 0 Å². The number of primary amides is 1. The van der Waals surface area contributed by atoms with Gasteiger partial charge in [0.15, 0.2) is 17.1 Å². The normalized spacial score (nSPS) is 21.8. The Kier molecular flexibility index (Phi) is 4.67. The smallest absolute Gasteiger partial charge is 0.286 e. The van der Waals surface area contributed by atoms with Crippen molar-refractivity contribution >= 4 is 24.4 Å². The molecule has 0 radical (unpaired) electrons. The molecule has 3 rings (SSSR count). The molecule has 5 nitrogen and oxygen atoms in total. The second-order valence-electron chi connectivity index (χ2n) is 6.41. The maximum Gasteiger partial charge on any atom is 0.286 e. The number of thiol groups is 1. The molecule has 2 aliphatic rings. The van der Waals surface area contributed by atoms with Crippen molar-refractivity contribution < 1.29 is 13.6 Å². The predicted octanol–water partition coefficient (Wildman–Crippen LogP) is 1.79. The molecule has 2 N–H and O–H groups in total. The molecule has 1 aromatic carbocycles. The van der Waals surface area contributed by atoms with E-state index in [9.17, 15) is 13.6 Å². The molecule has 130 valence electrons. The third-order valence-corrected chi connectivity index (χ3v) is 5.17. The third kappa shape index (κ3) is 3.48. The highest BCUT2D eigenvalue weighted by atomic mass is 32.1. The lowest BCUT2D eigenvalue weighted by Crippen LogP contribution is -2.45. The van der Waals surface area contributed by atoms with Gasteiger partial charge in [0, 0.05) is 13.6 Å². The van der Waals surface area contributed by atoms with Crippen molar-refractivity contribution in [3.05, 3.63) is 35.4 Å². The van der Waals surface area contributed by atoms with Gasteiger partial charge in [-0.1, -0.05) is 6.07 Å². The van der Waals surface area contributed by atoms with Crippen molar-refractivity contribution in [2.75, 3.05) is 13.6 Å². The van der Waals surface area contributed by atoms with Gasteiger partial charge in [-0.25, -0.2) is 8.78 Å². The Labute approximate surface area is 144 Å². The molecular formula is C16H20F2N4OS. The highest BCUT2D eigenvalue weighted by molar-refractivity contribution is 7.80. The number of hydrazone groups is 1. The van der Waals surface area contributed by atoms with Gasteiger partial charge in [-0.2, -0.15) is 5.10 Å². The summed E-state index contributed by atoms with van der Waals surface area (Å²) < 4.78 is 26.6. The average molecular weight is 354 g/mol. The minimum atomic E-state index is -0.846. The van der Waals surface area contributed by atoms with Crippen molar-refractivity contribution in [2.45, 2.75) is 24.8 Å². The maximum atomic E-state index is 13.4. The quantitative estimate of drug-likeness (QED) is 0.766. The Balaban J connectivity index is 1.75. The first kappa shape index (κ1) is 17.0. The molecule has 1 aliphatic heterocycles. The monoisotopic (exact) mass is 354 g/mol. The number of hydrogen-bond acceptors (Lipinski definition) is 5. The largest absolute Gasteiger partial charge is 0.363 e. The summed E-state index contributed by atoms with van der Waals surface area (Å²) >= 11 is 4.48. The molecule has 1 aromatic rings. The highest BCUT2D eigenvalue weighted by Gasteiger charge is 2.38. The SMILES string of the molecule is CN1N=C(C(N)=O)N(C[C@H](Cc2ccc(F)c(F)c2)C2CC2)[C@H]1S. The zero-order chi connectivity index (χ0) is 17.4. The average Bonchev–Trinajstić information content (AvgIpc) is 3.32. The van der Waals surface area contributed by atoms with Gasteiger partial charge < -0.3 is 10.6 Å². The second kappa shape index (κ2) is 6.58. The number of amidine groups is 1. The van der Waals surface area contributed by atoms with E-state index in [1.54, 1.807) is 23.0 Å². The predicted molar refractivity (Wildman–Crippen MR) is 90.1 cm³/mol. The van der Waals surface area contributed by atoms with Crippen molar-refractivity contribution in [3.63, 3.8) is 0 Å². The molecule has 8 heteroatoms. The summed E-state index contributed by atoms with van der Waals surface area (Å²) in [7, 11) is 1.72. The van der Waals surface area contributed by atoms with Gasteiger partial charge in [-0.05, 0) is 48.8 Å². The van der Waals surface area contributed by atoms with E-state index >= 15 is 0 Å². The number of hydrogen-bond donors (Lipinski definition) is 2. The van der Waals surface area contributed by atoms with Crippen molar-refractivity contribution in [1.29, 1.82) is 0 Å². The van der Waals surface area contributed by atoms with Crippen LogP contribution >= 0.6 is 12.6 Å². The molecule has 2 atom stereocenters. The van der Waals surface area contributed by atoms with E-state index in [2.05, 4.69) is 17.7 Å². The van der Waals surface area contributed by atoms with Crippen LogP contribution in [0.3, 0.4) is 0 Å². The topological polar surface area (TPSA) is 61.9 Å². The van der Waals surface area contributed by atoms with Gasteiger partial charge in [0.05, 0.1) is 0 Å². The second-order valence-corrected chi connectivity index (χ2v) is 6.87. The first-order valence-electron chi connectivity index (χ1n) is 7.86. The summed E-state index contributed by atoms with van der Waals surface area (Å²) in [5.74, 6) is -1.40. The number of nitrogens with zero attached hydrogens (tertiary/aromatic N) is 3. The first-order chi connectivity index (χ1) is 11.4. The summed E-state index contributed by atoms with van der Waals surface area (Å²) in [4.78, 5) is 13.4. The van der Waals surface area contributed by atoms with E-state index in [4.69, 9.17) is 5.73 Å². The Bertz CT molecular complexity index is 680. The highest BCUT2D eigenvalue weighted by Crippen LogP contribution is 2.40. The summed E-state index contributed by atoms with van der Waals surface area (Å²) in [6, 6.07) is 3.99. The number of amides is 1. The maximum absolute atomic E-state index is 13.4.